The molecule has 0 aliphatic heterocycles. The molecule has 170 valence electrons. The van der Waals surface area contributed by atoms with Crippen molar-refractivity contribution in [2.24, 2.45) is 0 Å². The van der Waals surface area contributed by atoms with Crippen LogP contribution in [0.5, 0.6) is 0 Å². The molecular formula is C21H16Cl2N4O6. The number of aromatic carboxylic acids is 1. The Morgan fingerprint density at radius 3 is 1.70 bits per heavy atom. The number of benzene rings is 2. The molecule has 0 spiro atoms. The summed E-state index contributed by atoms with van der Waals surface area (Å²) in [7, 11) is 1.30. The second-order valence-corrected chi connectivity index (χ2v) is 7.34. The lowest BCUT2D eigenvalue weighted by Crippen LogP contribution is -2.03. The van der Waals surface area contributed by atoms with Gasteiger partial charge in [-0.05, 0) is 50.2 Å². The Labute approximate surface area is 197 Å². The summed E-state index contributed by atoms with van der Waals surface area (Å²) in [5.74, 6) is -0.218. The number of methoxy groups -OCH3 is 1. The van der Waals surface area contributed by atoms with Crippen LogP contribution in [0.1, 0.15) is 32.4 Å². The van der Waals surface area contributed by atoms with Crippen molar-refractivity contribution in [3.63, 3.8) is 0 Å². The second kappa shape index (κ2) is 10.2. The maximum atomic E-state index is 11.6. The molecule has 0 unspecified atom stereocenters. The van der Waals surface area contributed by atoms with E-state index in [1.807, 2.05) is 0 Å². The third-order valence-corrected chi connectivity index (χ3v) is 4.59. The molecule has 33 heavy (non-hydrogen) atoms. The Kier molecular flexibility index (Phi) is 7.41. The molecule has 0 radical (unpaired) electrons. The Balaban J connectivity index is 0.000000186. The number of ether oxygens (including phenoxy) is 1. The predicted molar refractivity (Wildman–Crippen MR) is 117 cm³/mol. The molecule has 0 amide bonds. The van der Waals surface area contributed by atoms with Crippen LogP contribution in [-0.4, -0.2) is 44.4 Å². The first-order valence-corrected chi connectivity index (χ1v) is 9.97. The van der Waals surface area contributed by atoms with Crippen LogP contribution in [-0.2, 0) is 4.74 Å². The number of carbonyl (C=O) groups excluding carboxylic acids is 1. The van der Waals surface area contributed by atoms with Crippen LogP contribution < -0.4 is 0 Å². The van der Waals surface area contributed by atoms with Crippen molar-refractivity contribution in [2.45, 2.75) is 13.8 Å². The van der Waals surface area contributed by atoms with Crippen molar-refractivity contribution in [1.82, 2.24) is 20.3 Å². The fourth-order valence-corrected chi connectivity index (χ4v) is 3.02. The van der Waals surface area contributed by atoms with E-state index < -0.39 is 11.9 Å². The van der Waals surface area contributed by atoms with Crippen molar-refractivity contribution in [3.8, 4) is 22.9 Å². The normalized spacial score (nSPS) is 10.3. The molecular weight excluding hydrogens is 475 g/mol. The number of esters is 1. The molecule has 0 aliphatic carbocycles. The number of nitrogens with zero attached hydrogens (tertiary/aromatic N) is 4. The average Bonchev–Trinajstić information content (AvgIpc) is 3.41. The molecule has 2 aromatic heterocycles. The Hall–Kier alpha value is -3.76. The lowest BCUT2D eigenvalue weighted by Gasteiger charge is -2.04. The zero-order valence-electron chi connectivity index (χ0n) is 17.5. The van der Waals surface area contributed by atoms with Gasteiger partial charge in [-0.15, -0.1) is 0 Å². The summed E-state index contributed by atoms with van der Waals surface area (Å²) in [5.41, 5.74) is 1.19. The number of rotatable bonds is 4. The minimum Gasteiger partial charge on any atom is -0.478 e. The summed E-state index contributed by atoms with van der Waals surface area (Å²) < 4.78 is 14.6. The fourth-order valence-electron chi connectivity index (χ4n) is 2.67. The summed E-state index contributed by atoms with van der Waals surface area (Å²) >= 11 is 11.6. The first kappa shape index (κ1) is 23.9. The first-order valence-electron chi connectivity index (χ1n) is 9.21. The van der Waals surface area contributed by atoms with E-state index in [0.717, 1.165) is 0 Å². The summed E-state index contributed by atoms with van der Waals surface area (Å²) in [4.78, 5) is 30.6. The minimum absolute atomic E-state index is 0.0381. The van der Waals surface area contributed by atoms with Crippen LogP contribution in [0.15, 0.2) is 45.4 Å². The molecule has 0 saturated heterocycles. The monoisotopic (exact) mass is 490 g/mol. The molecule has 0 fully saturated rings. The van der Waals surface area contributed by atoms with E-state index in [1.54, 1.807) is 38.1 Å². The van der Waals surface area contributed by atoms with Gasteiger partial charge in [0, 0.05) is 10.0 Å². The lowest BCUT2D eigenvalue weighted by molar-refractivity contribution is 0.0600. The summed E-state index contributed by atoms with van der Waals surface area (Å²) in [6, 6.07) is 9.24. The zero-order valence-corrected chi connectivity index (χ0v) is 19.0. The molecule has 12 heteroatoms. The SMILES string of the molecule is COC(=O)c1cc(Cl)ccc1-c1nc(C)no1.Cc1noc(-c2ccc(Cl)cc2C(=O)O)n1. The molecule has 0 saturated carbocycles. The third-order valence-electron chi connectivity index (χ3n) is 4.11. The van der Waals surface area contributed by atoms with Crippen LogP contribution in [0, 0.1) is 13.8 Å². The van der Waals surface area contributed by atoms with Gasteiger partial charge >= 0.3 is 11.9 Å². The van der Waals surface area contributed by atoms with E-state index in [4.69, 9.17) is 37.4 Å². The van der Waals surface area contributed by atoms with E-state index in [0.29, 0.717) is 38.4 Å². The summed E-state index contributed by atoms with van der Waals surface area (Å²) in [5, 5.41) is 17.1. The molecule has 4 rings (SSSR count). The van der Waals surface area contributed by atoms with Crippen LogP contribution in [0.2, 0.25) is 10.0 Å². The largest absolute Gasteiger partial charge is 0.478 e. The van der Waals surface area contributed by atoms with Gasteiger partial charge in [0.15, 0.2) is 11.6 Å². The molecule has 2 heterocycles. The van der Waals surface area contributed by atoms with Gasteiger partial charge in [-0.3, -0.25) is 0 Å². The van der Waals surface area contributed by atoms with E-state index in [-0.39, 0.29) is 17.3 Å². The highest BCUT2D eigenvalue weighted by Gasteiger charge is 2.18. The fraction of sp³-hybridized carbons (Fsp3) is 0.143. The minimum atomic E-state index is -1.09. The number of hydrogen-bond donors (Lipinski definition) is 1. The van der Waals surface area contributed by atoms with Crippen molar-refractivity contribution in [2.75, 3.05) is 7.11 Å². The van der Waals surface area contributed by atoms with Gasteiger partial charge in [0.2, 0.25) is 0 Å². The Bertz CT molecular complexity index is 1320. The average molecular weight is 491 g/mol. The number of halogens is 2. The number of hydrogen-bond acceptors (Lipinski definition) is 9. The molecule has 2 aromatic carbocycles. The summed E-state index contributed by atoms with van der Waals surface area (Å²) in [6.45, 7) is 3.35. The highest BCUT2D eigenvalue weighted by atomic mass is 35.5. The number of carboxylic acid groups (broad SMARTS) is 1. The number of aryl methyl sites for hydroxylation is 2. The third kappa shape index (κ3) is 5.73. The van der Waals surface area contributed by atoms with E-state index in [2.05, 4.69) is 25.0 Å². The summed E-state index contributed by atoms with van der Waals surface area (Å²) in [6.07, 6.45) is 0. The maximum absolute atomic E-state index is 11.6. The van der Waals surface area contributed by atoms with Crippen molar-refractivity contribution < 1.29 is 28.5 Å². The van der Waals surface area contributed by atoms with Gasteiger partial charge in [0.05, 0.1) is 29.4 Å². The van der Waals surface area contributed by atoms with Crippen LogP contribution >= 0.6 is 23.2 Å². The van der Waals surface area contributed by atoms with Crippen LogP contribution in [0.25, 0.3) is 22.9 Å². The standard InChI is InChI=1S/C11H9ClN2O3.C10H7ClN2O3/c1-6-13-10(17-14-6)8-4-3-7(12)5-9(8)11(15)16-2;1-5-12-9(16-13-5)7-3-2-6(11)4-8(7)10(14)15/h3-5H,1-2H3;2-4H,1H3,(H,14,15). The predicted octanol–water partition coefficient (Wildman–Crippen LogP) is 4.88. The molecule has 4 aromatic rings. The van der Waals surface area contributed by atoms with Gasteiger partial charge in [0.1, 0.15) is 0 Å². The van der Waals surface area contributed by atoms with Crippen molar-refractivity contribution >= 4 is 35.1 Å². The van der Waals surface area contributed by atoms with Crippen molar-refractivity contribution in [1.29, 1.82) is 0 Å². The highest BCUT2D eigenvalue weighted by Crippen LogP contribution is 2.26. The van der Waals surface area contributed by atoms with Crippen molar-refractivity contribution in [3.05, 3.63) is 69.2 Å². The number of aromatic nitrogens is 4. The quantitative estimate of drug-likeness (QED) is 0.393. The van der Waals surface area contributed by atoms with Gasteiger partial charge < -0.3 is 18.9 Å². The maximum Gasteiger partial charge on any atom is 0.338 e. The first-order chi connectivity index (χ1) is 15.7. The molecule has 10 nitrogen and oxygen atoms in total. The van der Waals surface area contributed by atoms with Crippen LogP contribution in [0.4, 0.5) is 0 Å². The Morgan fingerprint density at radius 2 is 1.30 bits per heavy atom. The second-order valence-electron chi connectivity index (χ2n) is 6.47. The smallest absolute Gasteiger partial charge is 0.338 e. The van der Waals surface area contributed by atoms with E-state index in [9.17, 15) is 9.59 Å². The van der Waals surface area contributed by atoms with Crippen LogP contribution in [0.3, 0.4) is 0 Å². The number of carboxylic acids is 1. The highest BCUT2D eigenvalue weighted by molar-refractivity contribution is 6.31. The van der Waals surface area contributed by atoms with E-state index in [1.165, 1.54) is 19.2 Å². The van der Waals surface area contributed by atoms with Gasteiger partial charge in [-0.25, -0.2) is 9.59 Å². The molecule has 0 bridgehead atoms. The molecule has 0 atom stereocenters. The molecule has 0 aliphatic rings. The zero-order chi connectivity index (χ0) is 24.1. The number of carbonyl (C=O) groups is 2. The van der Waals surface area contributed by atoms with E-state index >= 15 is 0 Å². The topological polar surface area (TPSA) is 141 Å². The van der Waals surface area contributed by atoms with Gasteiger partial charge in [-0.2, -0.15) is 9.97 Å². The lowest BCUT2D eigenvalue weighted by atomic mass is 10.1. The Morgan fingerprint density at radius 1 is 0.848 bits per heavy atom. The van der Waals surface area contributed by atoms with Gasteiger partial charge in [-0.1, -0.05) is 33.5 Å². The molecule has 1 N–H and O–H groups in total. The van der Waals surface area contributed by atoms with Gasteiger partial charge in [0.25, 0.3) is 11.8 Å².